The molecule has 1 saturated heterocycles. The highest BCUT2D eigenvalue weighted by atomic mass is 16.6. The highest BCUT2D eigenvalue weighted by Gasteiger charge is 2.34. The van der Waals surface area contributed by atoms with Crippen LogP contribution >= 0.6 is 0 Å². The van der Waals surface area contributed by atoms with Crippen LogP contribution in [0.25, 0.3) is 0 Å². The molecule has 2 rings (SSSR count). The van der Waals surface area contributed by atoms with Gasteiger partial charge in [-0.3, -0.25) is 4.99 Å². The standard InChI is InChI=1S/C20H38N4O4/c1-20(2,3)28-19(25)24(16-8-9-16)12-11-23-18(21-4)22-10-6-13-26-15-17-7-5-14-27-17/h16-17H,5-15H2,1-4H3,(H2,21,22,23). The lowest BCUT2D eigenvalue weighted by atomic mass is 10.2. The van der Waals surface area contributed by atoms with Gasteiger partial charge in [0.2, 0.25) is 0 Å². The molecule has 1 unspecified atom stereocenters. The third-order valence-electron chi connectivity index (χ3n) is 4.57. The van der Waals surface area contributed by atoms with Gasteiger partial charge in [-0.1, -0.05) is 0 Å². The van der Waals surface area contributed by atoms with Crippen molar-refractivity contribution in [2.75, 3.05) is 46.5 Å². The van der Waals surface area contributed by atoms with Gasteiger partial charge in [-0.15, -0.1) is 0 Å². The first-order valence-corrected chi connectivity index (χ1v) is 10.5. The van der Waals surface area contributed by atoms with E-state index in [0.717, 1.165) is 51.2 Å². The third-order valence-corrected chi connectivity index (χ3v) is 4.57. The summed E-state index contributed by atoms with van der Waals surface area (Å²) >= 11 is 0. The van der Waals surface area contributed by atoms with E-state index in [9.17, 15) is 4.79 Å². The van der Waals surface area contributed by atoms with Gasteiger partial charge in [0.05, 0.1) is 12.7 Å². The third kappa shape index (κ3) is 9.10. The van der Waals surface area contributed by atoms with Gasteiger partial charge >= 0.3 is 6.09 Å². The molecule has 1 aliphatic heterocycles. The molecule has 1 atom stereocenters. The van der Waals surface area contributed by atoms with Gasteiger partial charge < -0.3 is 29.7 Å². The average molecular weight is 399 g/mol. The zero-order valence-electron chi connectivity index (χ0n) is 18.0. The molecule has 0 bridgehead atoms. The van der Waals surface area contributed by atoms with Crippen LogP contribution in [0.2, 0.25) is 0 Å². The van der Waals surface area contributed by atoms with E-state index in [0.29, 0.717) is 32.3 Å². The van der Waals surface area contributed by atoms with Crippen LogP contribution in [0.15, 0.2) is 4.99 Å². The van der Waals surface area contributed by atoms with Crippen LogP contribution in [0.1, 0.15) is 52.9 Å². The predicted octanol–water partition coefficient (Wildman–Crippen LogP) is 2.14. The fourth-order valence-corrected chi connectivity index (χ4v) is 3.02. The molecule has 0 spiro atoms. The van der Waals surface area contributed by atoms with Crippen molar-refractivity contribution in [2.24, 2.45) is 4.99 Å². The summed E-state index contributed by atoms with van der Waals surface area (Å²) in [6.07, 6.45) is 5.31. The number of guanidine groups is 1. The average Bonchev–Trinajstić information content (AvgIpc) is 3.32. The Morgan fingerprint density at radius 3 is 2.57 bits per heavy atom. The minimum absolute atomic E-state index is 0.233. The van der Waals surface area contributed by atoms with Crippen LogP contribution in [0.3, 0.4) is 0 Å². The number of rotatable bonds is 10. The van der Waals surface area contributed by atoms with Crippen molar-refractivity contribution in [3.05, 3.63) is 0 Å². The van der Waals surface area contributed by atoms with Gasteiger partial charge in [-0.05, 0) is 52.9 Å². The molecule has 2 N–H and O–H groups in total. The molecule has 2 fully saturated rings. The summed E-state index contributed by atoms with van der Waals surface area (Å²) in [6, 6.07) is 0.313. The summed E-state index contributed by atoms with van der Waals surface area (Å²) in [6.45, 7) is 9.95. The Morgan fingerprint density at radius 2 is 1.96 bits per heavy atom. The van der Waals surface area contributed by atoms with E-state index in [1.54, 1.807) is 7.05 Å². The molecule has 162 valence electrons. The molecule has 0 aromatic carbocycles. The van der Waals surface area contributed by atoms with Gasteiger partial charge in [0.15, 0.2) is 5.96 Å². The van der Waals surface area contributed by atoms with Crippen molar-refractivity contribution >= 4 is 12.1 Å². The molecule has 28 heavy (non-hydrogen) atoms. The molecule has 8 heteroatoms. The highest BCUT2D eigenvalue weighted by molar-refractivity contribution is 5.79. The molecule has 1 aliphatic carbocycles. The van der Waals surface area contributed by atoms with E-state index in [-0.39, 0.29) is 12.2 Å². The second-order valence-electron chi connectivity index (χ2n) is 8.39. The summed E-state index contributed by atoms with van der Waals surface area (Å²) in [5.41, 5.74) is -0.471. The van der Waals surface area contributed by atoms with E-state index in [1.165, 1.54) is 0 Å². The first kappa shape index (κ1) is 22.7. The lowest BCUT2D eigenvalue weighted by molar-refractivity contribution is 0.0168. The maximum absolute atomic E-state index is 12.4. The van der Waals surface area contributed by atoms with Crippen LogP contribution in [0.5, 0.6) is 0 Å². The van der Waals surface area contributed by atoms with Crippen LogP contribution in [0.4, 0.5) is 4.79 Å². The number of carbonyl (C=O) groups is 1. The van der Waals surface area contributed by atoms with E-state index in [2.05, 4.69) is 15.6 Å². The minimum atomic E-state index is -0.471. The SMILES string of the molecule is CN=C(NCCCOCC1CCCO1)NCCN(C(=O)OC(C)(C)C)C1CC1. The monoisotopic (exact) mass is 398 g/mol. The normalized spacial score (nSPS) is 20.1. The number of nitrogens with zero attached hydrogens (tertiary/aromatic N) is 2. The molecule has 0 radical (unpaired) electrons. The number of carbonyl (C=O) groups excluding carboxylic acids is 1. The fourth-order valence-electron chi connectivity index (χ4n) is 3.02. The number of aliphatic imine (C=N–C) groups is 1. The van der Waals surface area contributed by atoms with Crippen molar-refractivity contribution in [3.8, 4) is 0 Å². The predicted molar refractivity (Wildman–Crippen MR) is 110 cm³/mol. The Hall–Kier alpha value is -1.54. The Kier molecular flexibility index (Phi) is 9.31. The Balaban J connectivity index is 1.57. The molecule has 1 amide bonds. The van der Waals surface area contributed by atoms with Gasteiger partial charge in [0, 0.05) is 45.9 Å². The van der Waals surface area contributed by atoms with Crippen molar-refractivity contribution in [1.29, 1.82) is 0 Å². The van der Waals surface area contributed by atoms with Crippen LogP contribution in [-0.2, 0) is 14.2 Å². The van der Waals surface area contributed by atoms with Crippen molar-refractivity contribution in [1.82, 2.24) is 15.5 Å². The summed E-state index contributed by atoms with van der Waals surface area (Å²) in [7, 11) is 1.75. The summed E-state index contributed by atoms with van der Waals surface area (Å²) in [4.78, 5) is 18.4. The van der Waals surface area contributed by atoms with Crippen molar-refractivity contribution in [3.63, 3.8) is 0 Å². The first-order chi connectivity index (χ1) is 13.4. The number of nitrogens with one attached hydrogen (secondary N) is 2. The van der Waals surface area contributed by atoms with Crippen LogP contribution in [0, 0.1) is 0 Å². The van der Waals surface area contributed by atoms with E-state index >= 15 is 0 Å². The number of ether oxygens (including phenoxy) is 3. The Morgan fingerprint density at radius 1 is 1.21 bits per heavy atom. The second kappa shape index (κ2) is 11.5. The van der Waals surface area contributed by atoms with Gasteiger partial charge in [-0.2, -0.15) is 0 Å². The second-order valence-corrected chi connectivity index (χ2v) is 8.39. The van der Waals surface area contributed by atoms with Crippen molar-refractivity contribution in [2.45, 2.75) is 70.6 Å². The molecular weight excluding hydrogens is 360 g/mol. The van der Waals surface area contributed by atoms with Crippen LogP contribution < -0.4 is 10.6 Å². The molecule has 8 nitrogen and oxygen atoms in total. The smallest absolute Gasteiger partial charge is 0.410 e. The topological polar surface area (TPSA) is 84.4 Å². The lowest BCUT2D eigenvalue weighted by Crippen LogP contribution is -2.45. The fraction of sp³-hybridized carbons (Fsp3) is 0.900. The molecule has 1 heterocycles. The zero-order valence-corrected chi connectivity index (χ0v) is 18.0. The molecule has 1 saturated carbocycles. The van der Waals surface area contributed by atoms with Gasteiger partial charge in [0.25, 0.3) is 0 Å². The van der Waals surface area contributed by atoms with Crippen molar-refractivity contribution < 1.29 is 19.0 Å². The van der Waals surface area contributed by atoms with Crippen LogP contribution in [-0.4, -0.2) is 81.2 Å². The summed E-state index contributed by atoms with van der Waals surface area (Å²) < 4.78 is 16.7. The number of amides is 1. The van der Waals surface area contributed by atoms with E-state index < -0.39 is 5.60 Å². The largest absolute Gasteiger partial charge is 0.444 e. The lowest BCUT2D eigenvalue weighted by Gasteiger charge is -2.27. The Labute approximate surface area is 169 Å². The van der Waals surface area contributed by atoms with Gasteiger partial charge in [0.1, 0.15) is 5.60 Å². The molecular formula is C20H38N4O4. The highest BCUT2D eigenvalue weighted by Crippen LogP contribution is 2.28. The molecule has 0 aromatic rings. The summed E-state index contributed by atoms with van der Waals surface area (Å²) in [5, 5.41) is 6.54. The number of hydrogen-bond donors (Lipinski definition) is 2. The van der Waals surface area contributed by atoms with Gasteiger partial charge in [-0.25, -0.2) is 4.79 Å². The molecule has 0 aromatic heterocycles. The first-order valence-electron chi connectivity index (χ1n) is 10.5. The summed E-state index contributed by atoms with van der Waals surface area (Å²) in [5.74, 6) is 0.735. The van der Waals surface area contributed by atoms with E-state index in [1.807, 2.05) is 25.7 Å². The molecule has 2 aliphatic rings. The number of hydrogen-bond acceptors (Lipinski definition) is 5. The minimum Gasteiger partial charge on any atom is -0.444 e. The maximum atomic E-state index is 12.4. The Bertz CT molecular complexity index is 497. The maximum Gasteiger partial charge on any atom is 0.410 e. The quantitative estimate of drug-likeness (QED) is 0.333. The van der Waals surface area contributed by atoms with E-state index in [4.69, 9.17) is 14.2 Å². The zero-order chi connectivity index (χ0) is 20.4.